The summed E-state index contributed by atoms with van der Waals surface area (Å²) < 4.78 is 4.95. The summed E-state index contributed by atoms with van der Waals surface area (Å²) in [5, 5.41) is 2.83. The maximum atomic E-state index is 12.1. The fourth-order valence-electron chi connectivity index (χ4n) is 2.13. The molecule has 19 heavy (non-hydrogen) atoms. The van der Waals surface area contributed by atoms with Crippen LogP contribution in [0.3, 0.4) is 0 Å². The number of likely N-dealkylation sites (tertiary alicyclic amines) is 1. The number of carbonyl (C=O) groups is 2. The third-order valence-corrected chi connectivity index (χ3v) is 3.19. The number of amides is 2. The Bertz CT molecular complexity index is 447. The highest BCUT2D eigenvalue weighted by atomic mass is 16.5. The number of hydrogen-bond donors (Lipinski definition) is 1. The molecule has 0 aromatic heterocycles. The highest BCUT2D eigenvalue weighted by Gasteiger charge is 2.33. The van der Waals surface area contributed by atoms with E-state index in [1.165, 1.54) is 0 Å². The zero-order valence-electron chi connectivity index (χ0n) is 11.0. The van der Waals surface area contributed by atoms with E-state index in [4.69, 9.17) is 4.74 Å². The quantitative estimate of drug-likeness (QED) is 0.865. The average molecular weight is 262 g/mol. The van der Waals surface area contributed by atoms with Gasteiger partial charge in [0.15, 0.2) is 0 Å². The van der Waals surface area contributed by atoms with Crippen LogP contribution in [0.2, 0.25) is 0 Å². The Balaban J connectivity index is 1.89. The molecule has 1 aliphatic rings. The Kier molecular flexibility index (Phi) is 4.52. The van der Waals surface area contributed by atoms with Crippen molar-refractivity contribution in [1.82, 2.24) is 4.90 Å². The zero-order chi connectivity index (χ0) is 13.7. The van der Waals surface area contributed by atoms with E-state index in [1.54, 1.807) is 12.0 Å². The van der Waals surface area contributed by atoms with Crippen LogP contribution in [0.5, 0.6) is 0 Å². The van der Waals surface area contributed by atoms with Crippen LogP contribution in [-0.2, 0) is 14.3 Å². The summed E-state index contributed by atoms with van der Waals surface area (Å²) in [6.45, 7) is 1.52. The molecule has 1 aromatic carbocycles. The van der Waals surface area contributed by atoms with Gasteiger partial charge in [-0.1, -0.05) is 18.2 Å². The molecule has 5 nitrogen and oxygen atoms in total. The number of methoxy groups -OCH3 is 1. The summed E-state index contributed by atoms with van der Waals surface area (Å²) in [6, 6.07) is 9.27. The molecule has 2 rings (SSSR count). The Morgan fingerprint density at radius 1 is 1.42 bits per heavy atom. The van der Waals surface area contributed by atoms with Gasteiger partial charge in [-0.2, -0.15) is 0 Å². The second-order valence-electron chi connectivity index (χ2n) is 4.59. The van der Waals surface area contributed by atoms with E-state index in [9.17, 15) is 9.59 Å². The summed E-state index contributed by atoms with van der Waals surface area (Å²) in [5.74, 6) is -0.353. The monoisotopic (exact) mass is 262 g/mol. The van der Waals surface area contributed by atoms with E-state index in [0.29, 0.717) is 19.7 Å². The number of benzene rings is 1. The summed E-state index contributed by atoms with van der Waals surface area (Å²) in [6.07, 6.45) is 0.280. The van der Waals surface area contributed by atoms with Gasteiger partial charge >= 0.3 is 0 Å². The third kappa shape index (κ3) is 3.54. The van der Waals surface area contributed by atoms with Gasteiger partial charge in [-0.15, -0.1) is 0 Å². The first-order chi connectivity index (χ1) is 9.20. The summed E-state index contributed by atoms with van der Waals surface area (Å²) in [7, 11) is 1.60. The van der Waals surface area contributed by atoms with Gasteiger partial charge in [-0.05, 0) is 12.1 Å². The number of carbonyl (C=O) groups excluding carboxylic acids is 2. The second-order valence-corrected chi connectivity index (χ2v) is 4.59. The van der Waals surface area contributed by atoms with Crippen molar-refractivity contribution in [3.05, 3.63) is 30.3 Å². The van der Waals surface area contributed by atoms with E-state index >= 15 is 0 Å². The molecule has 102 valence electrons. The SMILES string of the molecule is COCCN1C[C@H](C(=O)Nc2ccccc2)CC1=O. The first-order valence-electron chi connectivity index (χ1n) is 6.33. The topological polar surface area (TPSA) is 58.6 Å². The Labute approximate surface area is 112 Å². The lowest BCUT2D eigenvalue weighted by molar-refractivity contribution is -0.128. The van der Waals surface area contributed by atoms with Gasteiger partial charge in [0.2, 0.25) is 11.8 Å². The molecule has 1 atom stereocenters. The maximum absolute atomic E-state index is 12.1. The van der Waals surface area contributed by atoms with Gasteiger partial charge in [-0.3, -0.25) is 9.59 Å². The minimum Gasteiger partial charge on any atom is -0.383 e. The predicted octanol–water partition coefficient (Wildman–Crippen LogP) is 1.12. The minimum atomic E-state index is -0.274. The summed E-state index contributed by atoms with van der Waals surface area (Å²) >= 11 is 0. The van der Waals surface area contributed by atoms with Crippen LogP contribution in [0.25, 0.3) is 0 Å². The molecular weight excluding hydrogens is 244 g/mol. The predicted molar refractivity (Wildman–Crippen MR) is 71.6 cm³/mol. The molecule has 5 heteroatoms. The van der Waals surface area contributed by atoms with Gasteiger partial charge in [0.25, 0.3) is 0 Å². The Hall–Kier alpha value is -1.88. The molecule has 0 radical (unpaired) electrons. The van der Waals surface area contributed by atoms with Crippen molar-refractivity contribution in [2.24, 2.45) is 5.92 Å². The Morgan fingerprint density at radius 3 is 2.84 bits per heavy atom. The van der Waals surface area contributed by atoms with Crippen molar-refractivity contribution in [2.75, 3.05) is 32.1 Å². The molecule has 1 fully saturated rings. The van der Waals surface area contributed by atoms with E-state index in [1.807, 2.05) is 30.3 Å². The molecule has 2 amide bonds. The van der Waals surface area contributed by atoms with Gasteiger partial charge < -0.3 is 15.0 Å². The summed E-state index contributed by atoms with van der Waals surface area (Å²) in [5.41, 5.74) is 0.760. The van der Waals surface area contributed by atoms with E-state index in [-0.39, 0.29) is 24.2 Å². The molecule has 0 unspecified atom stereocenters. The normalized spacial score (nSPS) is 18.7. The van der Waals surface area contributed by atoms with Crippen molar-refractivity contribution in [1.29, 1.82) is 0 Å². The third-order valence-electron chi connectivity index (χ3n) is 3.19. The lowest BCUT2D eigenvalue weighted by atomic mass is 10.1. The van der Waals surface area contributed by atoms with Gasteiger partial charge in [-0.25, -0.2) is 0 Å². The highest BCUT2D eigenvalue weighted by Crippen LogP contribution is 2.19. The Morgan fingerprint density at radius 2 is 2.16 bits per heavy atom. The molecule has 1 saturated heterocycles. The van der Waals surface area contributed by atoms with Gasteiger partial charge in [0, 0.05) is 32.3 Å². The first kappa shape index (κ1) is 13.5. The molecule has 0 aliphatic carbocycles. The van der Waals surface area contributed by atoms with Crippen molar-refractivity contribution in [2.45, 2.75) is 6.42 Å². The van der Waals surface area contributed by atoms with Crippen LogP contribution in [0.15, 0.2) is 30.3 Å². The van der Waals surface area contributed by atoms with Crippen LogP contribution in [0.1, 0.15) is 6.42 Å². The number of hydrogen-bond acceptors (Lipinski definition) is 3. The average Bonchev–Trinajstić information content (AvgIpc) is 2.79. The molecule has 1 heterocycles. The van der Waals surface area contributed by atoms with Gasteiger partial charge in [0.1, 0.15) is 0 Å². The number of nitrogens with zero attached hydrogens (tertiary/aromatic N) is 1. The lowest BCUT2D eigenvalue weighted by Crippen LogP contribution is -2.30. The van der Waals surface area contributed by atoms with Crippen molar-refractivity contribution in [3.8, 4) is 0 Å². The molecule has 0 spiro atoms. The van der Waals surface area contributed by atoms with Gasteiger partial charge in [0.05, 0.1) is 12.5 Å². The van der Waals surface area contributed by atoms with E-state index in [2.05, 4.69) is 5.32 Å². The zero-order valence-corrected chi connectivity index (χ0v) is 11.0. The maximum Gasteiger partial charge on any atom is 0.229 e. The van der Waals surface area contributed by atoms with Crippen molar-refractivity contribution >= 4 is 17.5 Å². The largest absolute Gasteiger partial charge is 0.383 e. The molecular formula is C14H18N2O3. The van der Waals surface area contributed by atoms with Crippen molar-refractivity contribution in [3.63, 3.8) is 0 Å². The lowest BCUT2D eigenvalue weighted by Gasteiger charge is -2.15. The van der Waals surface area contributed by atoms with Crippen LogP contribution >= 0.6 is 0 Å². The molecule has 1 N–H and O–H groups in total. The van der Waals surface area contributed by atoms with Crippen LogP contribution in [0.4, 0.5) is 5.69 Å². The standard InChI is InChI=1S/C14H18N2O3/c1-19-8-7-16-10-11(9-13(16)17)14(18)15-12-5-3-2-4-6-12/h2-6,11H,7-10H2,1H3,(H,15,18)/t11-/m1/s1. The van der Waals surface area contributed by atoms with E-state index in [0.717, 1.165) is 5.69 Å². The smallest absolute Gasteiger partial charge is 0.229 e. The first-order valence-corrected chi connectivity index (χ1v) is 6.33. The van der Waals surface area contributed by atoms with Crippen LogP contribution in [-0.4, -0.2) is 43.5 Å². The minimum absolute atomic E-state index is 0.0188. The van der Waals surface area contributed by atoms with E-state index < -0.39 is 0 Å². The highest BCUT2D eigenvalue weighted by molar-refractivity contribution is 5.97. The molecule has 0 saturated carbocycles. The summed E-state index contributed by atoms with van der Waals surface area (Å²) in [4.78, 5) is 25.5. The fraction of sp³-hybridized carbons (Fsp3) is 0.429. The molecule has 1 aliphatic heterocycles. The second kappa shape index (κ2) is 6.33. The van der Waals surface area contributed by atoms with Crippen LogP contribution in [0, 0.1) is 5.92 Å². The molecule has 1 aromatic rings. The fourth-order valence-corrected chi connectivity index (χ4v) is 2.13. The number of ether oxygens (including phenoxy) is 1. The number of nitrogens with one attached hydrogen (secondary N) is 1. The number of rotatable bonds is 5. The molecule has 0 bridgehead atoms. The number of anilines is 1. The van der Waals surface area contributed by atoms with Crippen molar-refractivity contribution < 1.29 is 14.3 Å². The van der Waals surface area contributed by atoms with Crippen LogP contribution < -0.4 is 5.32 Å². The number of para-hydroxylation sites is 1.